The van der Waals surface area contributed by atoms with Crippen molar-refractivity contribution >= 4 is 17.5 Å². The number of hydrogen-bond acceptors (Lipinski definition) is 3. The summed E-state index contributed by atoms with van der Waals surface area (Å²) in [6, 6.07) is 4.44. The van der Waals surface area contributed by atoms with Gasteiger partial charge in [0, 0.05) is 18.7 Å². The Morgan fingerprint density at radius 1 is 1.50 bits per heavy atom. The lowest BCUT2D eigenvalue weighted by molar-refractivity contribution is 0.0297. The zero-order valence-corrected chi connectivity index (χ0v) is 10.9. The fourth-order valence-electron chi connectivity index (χ4n) is 2.14. The molecule has 2 atom stereocenters. The fraction of sp³-hybridized carbons (Fsp3) is 0.462. The molecular formula is C13H16ClNO3. The number of carbonyl (C=O) groups excluding carboxylic acids is 1. The number of likely N-dealkylation sites (tertiary alicyclic amines) is 1. The first-order valence-electron chi connectivity index (χ1n) is 5.95. The van der Waals surface area contributed by atoms with E-state index in [2.05, 4.69) is 0 Å². The van der Waals surface area contributed by atoms with Gasteiger partial charge in [0.05, 0.1) is 11.1 Å². The Morgan fingerprint density at radius 2 is 2.22 bits per heavy atom. The van der Waals surface area contributed by atoms with E-state index in [1.165, 1.54) is 12.1 Å². The molecule has 1 heterocycles. The van der Waals surface area contributed by atoms with Gasteiger partial charge in [-0.1, -0.05) is 18.5 Å². The molecule has 1 aromatic carbocycles. The lowest BCUT2D eigenvalue weighted by Crippen LogP contribution is -2.44. The summed E-state index contributed by atoms with van der Waals surface area (Å²) in [5, 5.41) is 19.1. The third-order valence-corrected chi connectivity index (χ3v) is 3.64. The highest BCUT2D eigenvalue weighted by atomic mass is 35.5. The number of aliphatic hydroxyl groups excluding tert-OH is 1. The van der Waals surface area contributed by atoms with Gasteiger partial charge in [0.15, 0.2) is 0 Å². The predicted octanol–water partition coefficient (Wildman–Crippen LogP) is 1.89. The van der Waals surface area contributed by atoms with Crippen molar-refractivity contribution in [2.75, 3.05) is 13.1 Å². The molecule has 0 aromatic heterocycles. The van der Waals surface area contributed by atoms with E-state index in [1.807, 2.05) is 6.92 Å². The van der Waals surface area contributed by atoms with Crippen molar-refractivity contribution in [3.63, 3.8) is 0 Å². The van der Waals surface area contributed by atoms with E-state index in [9.17, 15) is 15.0 Å². The van der Waals surface area contributed by atoms with Crippen LogP contribution in [-0.4, -0.2) is 40.2 Å². The molecule has 2 rings (SSSR count). The Labute approximate surface area is 111 Å². The molecular weight excluding hydrogens is 254 g/mol. The second-order valence-corrected chi connectivity index (χ2v) is 5.16. The van der Waals surface area contributed by atoms with Crippen LogP contribution in [0.4, 0.5) is 0 Å². The third kappa shape index (κ3) is 2.60. The first-order valence-corrected chi connectivity index (χ1v) is 6.32. The molecule has 4 nitrogen and oxygen atoms in total. The molecule has 1 aliphatic heterocycles. The minimum atomic E-state index is -0.336. The van der Waals surface area contributed by atoms with Crippen LogP contribution in [0.2, 0.25) is 5.02 Å². The van der Waals surface area contributed by atoms with Crippen molar-refractivity contribution in [3.8, 4) is 5.75 Å². The number of rotatable bonds is 1. The van der Waals surface area contributed by atoms with Gasteiger partial charge in [0.1, 0.15) is 5.75 Å². The molecule has 0 radical (unpaired) electrons. The molecule has 1 aliphatic rings. The van der Waals surface area contributed by atoms with Crippen molar-refractivity contribution < 1.29 is 15.0 Å². The number of aliphatic hydroxyl groups is 1. The van der Waals surface area contributed by atoms with Gasteiger partial charge in [-0.2, -0.15) is 0 Å². The van der Waals surface area contributed by atoms with Crippen LogP contribution in [0.5, 0.6) is 5.75 Å². The number of nitrogens with zero attached hydrogens (tertiary/aromatic N) is 1. The Hall–Kier alpha value is -1.26. The summed E-state index contributed by atoms with van der Waals surface area (Å²) in [5.74, 6) is -0.0680. The zero-order chi connectivity index (χ0) is 13.3. The van der Waals surface area contributed by atoms with Crippen LogP contribution in [0.15, 0.2) is 18.2 Å². The van der Waals surface area contributed by atoms with Crippen LogP contribution in [0, 0.1) is 5.92 Å². The van der Waals surface area contributed by atoms with Gasteiger partial charge in [-0.15, -0.1) is 0 Å². The number of hydrogen-bond donors (Lipinski definition) is 2. The normalized spacial score (nSPS) is 24.1. The summed E-state index contributed by atoms with van der Waals surface area (Å²) in [5.41, 5.74) is 0.460. The van der Waals surface area contributed by atoms with E-state index in [4.69, 9.17) is 11.6 Å². The first-order chi connectivity index (χ1) is 8.49. The summed E-state index contributed by atoms with van der Waals surface area (Å²) < 4.78 is 0. The van der Waals surface area contributed by atoms with Crippen molar-refractivity contribution in [2.45, 2.75) is 19.4 Å². The third-order valence-electron chi connectivity index (χ3n) is 3.34. The number of carbonyl (C=O) groups is 1. The smallest absolute Gasteiger partial charge is 0.253 e. The second-order valence-electron chi connectivity index (χ2n) is 4.75. The number of benzene rings is 1. The van der Waals surface area contributed by atoms with E-state index in [-0.39, 0.29) is 28.7 Å². The number of phenols is 1. The summed E-state index contributed by atoms with van der Waals surface area (Å²) in [6.45, 7) is 3.01. The van der Waals surface area contributed by atoms with Crippen LogP contribution in [0.1, 0.15) is 23.7 Å². The van der Waals surface area contributed by atoms with Gasteiger partial charge >= 0.3 is 0 Å². The van der Waals surface area contributed by atoms with Crippen LogP contribution < -0.4 is 0 Å². The van der Waals surface area contributed by atoms with E-state index < -0.39 is 0 Å². The topological polar surface area (TPSA) is 60.8 Å². The first kappa shape index (κ1) is 13.2. The Kier molecular flexibility index (Phi) is 3.78. The van der Waals surface area contributed by atoms with Crippen LogP contribution in [0.25, 0.3) is 0 Å². The van der Waals surface area contributed by atoms with Crippen molar-refractivity contribution in [2.24, 2.45) is 5.92 Å². The molecule has 5 heteroatoms. The Balaban J connectivity index is 2.14. The fourth-order valence-corrected chi connectivity index (χ4v) is 2.32. The van der Waals surface area contributed by atoms with Crippen molar-refractivity contribution in [3.05, 3.63) is 28.8 Å². The van der Waals surface area contributed by atoms with Crippen LogP contribution >= 0.6 is 11.6 Å². The average Bonchev–Trinajstić information content (AvgIpc) is 2.35. The van der Waals surface area contributed by atoms with Crippen LogP contribution in [0.3, 0.4) is 0 Å². The van der Waals surface area contributed by atoms with Crippen molar-refractivity contribution in [1.29, 1.82) is 0 Å². The zero-order valence-electron chi connectivity index (χ0n) is 10.1. The van der Waals surface area contributed by atoms with Gasteiger partial charge in [-0.3, -0.25) is 4.79 Å². The Bertz CT molecular complexity index is 464. The molecule has 0 bridgehead atoms. The summed E-state index contributed by atoms with van der Waals surface area (Å²) >= 11 is 5.79. The molecule has 18 heavy (non-hydrogen) atoms. The molecule has 2 N–H and O–H groups in total. The van der Waals surface area contributed by atoms with E-state index in [1.54, 1.807) is 11.0 Å². The summed E-state index contributed by atoms with van der Waals surface area (Å²) in [7, 11) is 0. The highest BCUT2D eigenvalue weighted by Gasteiger charge is 2.27. The Morgan fingerprint density at radius 3 is 2.83 bits per heavy atom. The van der Waals surface area contributed by atoms with Gasteiger partial charge in [0.2, 0.25) is 0 Å². The highest BCUT2D eigenvalue weighted by Crippen LogP contribution is 2.25. The van der Waals surface area contributed by atoms with Gasteiger partial charge in [-0.05, 0) is 30.5 Å². The van der Waals surface area contributed by atoms with Crippen LogP contribution in [-0.2, 0) is 0 Å². The maximum atomic E-state index is 12.2. The van der Waals surface area contributed by atoms with E-state index in [0.717, 1.165) is 0 Å². The average molecular weight is 270 g/mol. The molecule has 98 valence electrons. The summed E-state index contributed by atoms with van der Waals surface area (Å²) in [6.07, 6.45) is 0.260. The molecule has 1 aromatic rings. The monoisotopic (exact) mass is 269 g/mol. The SMILES string of the molecule is CC1CN(C(=O)c2ccc(O)c(Cl)c2)CCC1O. The minimum Gasteiger partial charge on any atom is -0.506 e. The van der Waals surface area contributed by atoms with E-state index in [0.29, 0.717) is 25.1 Å². The maximum Gasteiger partial charge on any atom is 0.253 e. The predicted molar refractivity (Wildman–Crippen MR) is 68.8 cm³/mol. The lowest BCUT2D eigenvalue weighted by Gasteiger charge is -2.34. The molecule has 0 aliphatic carbocycles. The highest BCUT2D eigenvalue weighted by molar-refractivity contribution is 6.32. The largest absolute Gasteiger partial charge is 0.506 e. The molecule has 0 spiro atoms. The van der Waals surface area contributed by atoms with E-state index >= 15 is 0 Å². The number of aromatic hydroxyl groups is 1. The second kappa shape index (κ2) is 5.16. The maximum absolute atomic E-state index is 12.2. The molecule has 1 amide bonds. The molecule has 1 saturated heterocycles. The number of halogens is 1. The summed E-state index contributed by atoms with van der Waals surface area (Å²) in [4.78, 5) is 13.9. The number of amides is 1. The van der Waals surface area contributed by atoms with Crippen molar-refractivity contribution in [1.82, 2.24) is 4.90 Å². The minimum absolute atomic E-state index is 0.0318. The van der Waals surface area contributed by atoms with Gasteiger partial charge in [-0.25, -0.2) is 0 Å². The molecule has 1 fully saturated rings. The number of phenolic OH excluding ortho intramolecular Hbond substituents is 1. The quantitative estimate of drug-likeness (QED) is 0.818. The lowest BCUT2D eigenvalue weighted by atomic mass is 9.96. The molecule has 0 saturated carbocycles. The standard InChI is InChI=1S/C13H16ClNO3/c1-8-7-15(5-4-11(8)16)13(18)9-2-3-12(17)10(14)6-9/h2-3,6,8,11,16-17H,4-5,7H2,1H3. The van der Waals surface area contributed by atoms with Gasteiger partial charge < -0.3 is 15.1 Å². The molecule has 2 unspecified atom stereocenters. The van der Waals surface area contributed by atoms with Gasteiger partial charge in [0.25, 0.3) is 5.91 Å². The number of piperidine rings is 1.